The lowest BCUT2D eigenvalue weighted by molar-refractivity contribution is 0.0725. The summed E-state index contributed by atoms with van der Waals surface area (Å²) in [6, 6.07) is 24.3. The van der Waals surface area contributed by atoms with E-state index in [1.165, 1.54) is 0 Å². The molecule has 31 heavy (non-hydrogen) atoms. The van der Waals surface area contributed by atoms with Crippen LogP contribution in [0, 0.1) is 0 Å². The molecule has 0 aliphatic rings. The number of nitrogens with zero attached hydrogens (tertiary/aromatic N) is 2. The Balaban J connectivity index is 1.65. The number of aromatic nitrogens is 2. The van der Waals surface area contributed by atoms with Crippen molar-refractivity contribution in [2.75, 3.05) is 7.11 Å². The topological polar surface area (TPSA) is 75.3 Å². The van der Waals surface area contributed by atoms with Crippen LogP contribution in [-0.4, -0.2) is 27.9 Å². The minimum Gasteiger partial charge on any atom is -0.380 e. The average Bonchev–Trinajstić information content (AvgIpc) is 2.80. The van der Waals surface area contributed by atoms with Gasteiger partial charge >= 0.3 is 0 Å². The summed E-state index contributed by atoms with van der Waals surface area (Å²) in [4.78, 5) is 34.9. The van der Waals surface area contributed by atoms with Gasteiger partial charge in [-0.05, 0) is 35.4 Å². The van der Waals surface area contributed by atoms with Crippen molar-refractivity contribution in [2.45, 2.75) is 19.7 Å². The molecule has 0 aliphatic heterocycles. The van der Waals surface area contributed by atoms with E-state index >= 15 is 0 Å². The van der Waals surface area contributed by atoms with E-state index in [0.29, 0.717) is 35.4 Å². The molecule has 1 aromatic heterocycles. The monoisotopic (exact) mass is 413 g/mol. The van der Waals surface area contributed by atoms with Crippen molar-refractivity contribution in [3.63, 3.8) is 0 Å². The SMILES string of the molecule is COCc1ccc(C(=O)N(Cc2ccccc2)Cc2nc3ccccc3c(=O)[nH]2)cc1. The minimum absolute atomic E-state index is 0.136. The number of aromatic amines is 1. The molecular formula is C25H23N3O3. The van der Waals surface area contributed by atoms with Crippen molar-refractivity contribution < 1.29 is 9.53 Å². The summed E-state index contributed by atoms with van der Waals surface area (Å²) < 4.78 is 5.14. The fraction of sp³-hybridized carbons (Fsp3) is 0.160. The highest BCUT2D eigenvalue weighted by Crippen LogP contribution is 2.15. The van der Waals surface area contributed by atoms with Crippen LogP contribution >= 0.6 is 0 Å². The van der Waals surface area contributed by atoms with E-state index in [4.69, 9.17) is 4.74 Å². The molecule has 0 unspecified atom stereocenters. The van der Waals surface area contributed by atoms with Gasteiger partial charge < -0.3 is 14.6 Å². The zero-order valence-electron chi connectivity index (χ0n) is 17.2. The molecule has 0 radical (unpaired) electrons. The van der Waals surface area contributed by atoms with Gasteiger partial charge in [0.15, 0.2) is 0 Å². The summed E-state index contributed by atoms with van der Waals surface area (Å²) >= 11 is 0. The lowest BCUT2D eigenvalue weighted by atomic mass is 10.1. The third-order valence-corrected chi connectivity index (χ3v) is 5.02. The van der Waals surface area contributed by atoms with E-state index in [2.05, 4.69) is 9.97 Å². The number of nitrogens with one attached hydrogen (secondary N) is 1. The van der Waals surface area contributed by atoms with Crippen molar-refractivity contribution in [1.29, 1.82) is 0 Å². The Kier molecular flexibility index (Phi) is 6.19. The molecular weight excluding hydrogens is 390 g/mol. The number of benzene rings is 3. The second-order valence-corrected chi connectivity index (χ2v) is 7.31. The van der Waals surface area contributed by atoms with Gasteiger partial charge in [0, 0.05) is 19.2 Å². The first-order valence-electron chi connectivity index (χ1n) is 10.0. The largest absolute Gasteiger partial charge is 0.380 e. The number of amides is 1. The molecule has 0 saturated heterocycles. The predicted octanol–water partition coefficient (Wildman–Crippen LogP) is 3.91. The van der Waals surface area contributed by atoms with Gasteiger partial charge in [-0.15, -0.1) is 0 Å². The third-order valence-electron chi connectivity index (χ3n) is 5.02. The number of H-pyrrole nitrogens is 1. The number of methoxy groups -OCH3 is 1. The van der Waals surface area contributed by atoms with E-state index in [1.807, 2.05) is 48.5 Å². The zero-order valence-corrected chi connectivity index (χ0v) is 17.2. The smallest absolute Gasteiger partial charge is 0.258 e. The lowest BCUT2D eigenvalue weighted by Crippen LogP contribution is -2.31. The van der Waals surface area contributed by atoms with Crippen molar-refractivity contribution >= 4 is 16.8 Å². The maximum atomic E-state index is 13.3. The van der Waals surface area contributed by atoms with Gasteiger partial charge in [-0.1, -0.05) is 54.6 Å². The quantitative estimate of drug-likeness (QED) is 0.498. The van der Waals surface area contributed by atoms with E-state index < -0.39 is 0 Å². The molecule has 0 spiro atoms. The standard InChI is InChI=1S/C25H23N3O3/c1-31-17-19-11-13-20(14-12-19)25(30)28(15-18-7-3-2-4-8-18)16-23-26-22-10-6-5-9-21(22)24(29)27-23/h2-14H,15-17H2,1H3,(H,26,27,29). The van der Waals surface area contributed by atoms with Gasteiger partial charge in [0.05, 0.1) is 24.1 Å². The summed E-state index contributed by atoms with van der Waals surface area (Å²) in [6.07, 6.45) is 0. The fourth-order valence-corrected chi connectivity index (χ4v) is 3.49. The molecule has 6 heteroatoms. The number of fused-ring (bicyclic) bond motifs is 1. The summed E-state index contributed by atoms with van der Waals surface area (Å²) in [5.41, 5.74) is 2.96. The molecule has 0 aliphatic carbocycles. The molecule has 1 N–H and O–H groups in total. The summed E-state index contributed by atoms with van der Waals surface area (Å²) in [5.74, 6) is 0.313. The van der Waals surface area contributed by atoms with Crippen LogP contribution < -0.4 is 5.56 Å². The van der Waals surface area contributed by atoms with E-state index in [9.17, 15) is 9.59 Å². The number of hydrogen-bond acceptors (Lipinski definition) is 4. The van der Waals surface area contributed by atoms with Crippen LogP contribution in [-0.2, 0) is 24.4 Å². The van der Waals surface area contributed by atoms with E-state index in [1.54, 1.807) is 42.3 Å². The summed E-state index contributed by atoms with van der Waals surface area (Å²) in [5, 5.41) is 0.529. The second kappa shape index (κ2) is 9.36. The fourth-order valence-electron chi connectivity index (χ4n) is 3.49. The highest BCUT2D eigenvalue weighted by molar-refractivity contribution is 5.94. The van der Waals surface area contributed by atoms with Crippen molar-refractivity contribution in [2.24, 2.45) is 0 Å². The van der Waals surface area contributed by atoms with E-state index in [-0.39, 0.29) is 18.0 Å². The first kappa shape index (κ1) is 20.5. The van der Waals surface area contributed by atoms with Crippen LogP contribution in [0.2, 0.25) is 0 Å². The van der Waals surface area contributed by atoms with Crippen LogP contribution in [0.25, 0.3) is 10.9 Å². The van der Waals surface area contributed by atoms with Crippen LogP contribution in [0.4, 0.5) is 0 Å². The predicted molar refractivity (Wildman–Crippen MR) is 120 cm³/mol. The van der Waals surface area contributed by atoms with Gasteiger partial charge in [-0.25, -0.2) is 4.98 Å². The maximum Gasteiger partial charge on any atom is 0.258 e. The Bertz CT molecular complexity index is 1230. The summed E-state index contributed by atoms with van der Waals surface area (Å²) in [7, 11) is 1.64. The summed E-state index contributed by atoms with van der Waals surface area (Å²) in [6.45, 7) is 1.08. The van der Waals surface area contributed by atoms with Crippen LogP contribution in [0.1, 0.15) is 27.3 Å². The van der Waals surface area contributed by atoms with Gasteiger partial charge in [0.2, 0.25) is 0 Å². The van der Waals surface area contributed by atoms with Crippen LogP contribution in [0.15, 0.2) is 83.7 Å². The Morgan fingerprint density at radius 2 is 1.61 bits per heavy atom. The number of rotatable bonds is 7. The first-order valence-corrected chi connectivity index (χ1v) is 10.0. The molecule has 6 nitrogen and oxygen atoms in total. The van der Waals surface area contributed by atoms with Gasteiger partial charge in [0.1, 0.15) is 5.82 Å². The number of ether oxygens (including phenoxy) is 1. The van der Waals surface area contributed by atoms with Gasteiger partial charge in [-0.2, -0.15) is 0 Å². The molecule has 0 atom stereocenters. The van der Waals surface area contributed by atoms with Crippen molar-refractivity contribution in [3.8, 4) is 0 Å². The molecule has 4 rings (SSSR count). The highest BCUT2D eigenvalue weighted by atomic mass is 16.5. The number of hydrogen-bond donors (Lipinski definition) is 1. The third kappa shape index (κ3) is 4.87. The number of para-hydroxylation sites is 1. The Hall–Kier alpha value is -3.77. The zero-order chi connectivity index (χ0) is 21.6. The molecule has 3 aromatic carbocycles. The highest BCUT2D eigenvalue weighted by Gasteiger charge is 2.18. The molecule has 1 amide bonds. The van der Waals surface area contributed by atoms with Crippen molar-refractivity contribution in [1.82, 2.24) is 14.9 Å². The maximum absolute atomic E-state index is 13.3. The normalized spacial score (nSPS) is 10.9. The van der Waals surface area contributed by atoms with Crippen molar-refractivity contribution in [3.05, 3.63) is 112 Å². The first-order chi connectivity index (χ1) is 15.1. The average molecular weight is 413 g/mol. The van der Waals surface area contributed by atoms with E-state index in [0.717, 1.165) is 11.1 Å². The van der Waals surface area contributed by atoms with Gasteiger partial charge in [-0.3, -0.25) is 9.59 Å². The Morgan fingerprint density at radius 3 is 2.35 bits per heavy atom. The minimum atomic E-state index is -0.211. The molecule has 1 heterocycles. The Morgan fingerprint density at radius 1 is 0.903 bits per heavy atom. The number of carbonyl (C=O) groups is 1. The molecule has 0 fully saturated rings. The molecule has 4 aromatic rings. The van der Waals surface area contributed by atoms with Crippen LogP contribution in [0.5, 0.6) is 0 Å². The number of carbonyl (C=O) groups excluding carboxylic acids is 1. The Labute approximate surface area is 180 Å². The van der Waals surface area contributed by atoms with Crippen LogP contribution in [0.3, 0.4) is 0 Å². The second-order valence-electron chi connectivity index (χ2n) is 7.31. The lowest BCUT2D eigenvalue weighted by Gasteiger charge is -2.23. The molecule has 0 saturated carbocycles. The van der Waals surface area contributed by atoms with Gasteiger partial charge in [0.25, 0.3) is 11.5 Å². The molecule has 0 bridgehead atoms. The molecule has 156 valence electrons.